The van der Waals surface area contributed by atoms with Crippen LogP contribution in [0.4, 0.5) is 14.6 Å². The van der Waals surface area contributed by atoms with Crippen LogP contribution < -0.4 is 24.8 Å². The van der Waals surface area contributed by atoms with E-state index in [1.54, 1.807) is 23.6 Å². The molecular weight excluding hydrogens is 422 g/mol. The van der Waals surface area contributed by atoms with Crippen LogP contribution in [-0.4, -0.2) is 34.2 Å². The standard InChI is InChI=1S/C22H20F2N4O4/c1-13-3-4-15(11-25-13)32-18-16(23)9-14(10-17(18)24)12-31-20-19-21-27(7-8-30-19)5-2-6-28(21)22(29)26-20/h3-4,9-11H,2,5-8,12H2,1H3. The van der Waals surface area contributed by atoms with E-state index in [-0.39, 0.29) is 23.8 Å². The molecule has 0 radical (unpaired) electrons. The largest absolute Gasteiger partial charge is 0.483 e. The summed E-state index contributed by atoms with van der Waals surface area (Å²) in [6.45, 7) is 4.07. The predicted molar refractivity (Wildman–Crippen MR) is 111 cm³/mol. The first-order valence-electron chi connectivity index (χ1n) is 10.2. The lowest BCUT2D eigenvalue weighted by Gasteiger charge is -2.36. The average molecular weight is 442 g/mol. The van der Waals surface area contributed by atoms with E-state index in [1.165, 1.54) is 6.20 Å². The van der Waals surface area contributed by atoms with Crippen LogP contribution in [0.1, 0.15) is 17.7 Å². The topological polar surface area (TPSA) is 78.7 Å². The molecule has 4 heterocycles. The molecule has 5 rings (SSSR count). The molecule has 0 amide bonds. The van der Waals surface area contributed by atoms with Gasteiger partial charge in [-0.05, 0) is 43.2 Å². The van der Waals surface area contributed by atoms with Gasteiger partial charge in [0, 0.05) is 18.8 Å². The van der Waals surface area contributed by atoms with Crippen molar-refractivity contribution in [2.24, 2.45) is 0 Å². The van der Waals surface area contributed by atoms with Gasteiger partial charge in [-0.25, -0.2) is 13.6 Å². The molecule has 0 atom stereocenters. The van der Waals surface area contributed by atoms with Gasteiger partial charge in [-0.2, -0.15) is 4.98 Å². The van der Waals surface area contributed by atoms with Gasteiger partial charge in [-0.1, -0.05) is 0 Å². The van der Waals surface area contributed by atoms with Gasteiger partial charge < -0.3 is 19.1 Å². The second kappa shape index (κ2) is 8.10. The minimum absolute atomic E-state index is 0.0136. The highest BCUT2D eigenvalue weighted by Gasteiger charge is 2.30. The number of halogens is 2. The minimum atomic E-state index is -0.883. The first-order chi connectivity index (χ1) is 15.5. The molecular formula is C22H20F2N4O4. The van der Waals surface area contributed by atoms with Gasteiger partial charge >= 0.3 is 5.69 Å². The Labute approximate surface area is 182 Å². The number of hydrogen-bond acceptors (Lipinski definition) is 7. The zero-order chi connectivity index (χ0) is 22.2. The van der Waals surface area contributed by atoms with Crippen molar-refractivity contribution in [2.45, 2.75) is 26.5 Å². The fourth-order valence-electron chi connectivity index (χ4n) is 3.83. The highest BCUT2D eigenvalue weighted by Crippen LogP contribution is 2.39. The minimum Gasteiger partial charge on any atom is -0.483 e. The lowest BCUT2D eigenvalue weighted by atomic mass is 10.2. The van der Waals surface area contributed by atoms with E-state index in [0.717, 1.165) is 30.8 Å². The smallest absolute Gasteiger partial charge is 0.352 e. The summed E-state index contributed by atoms with van der Waals surface area (Å²) in [5, 5.41) is 0. The molecule has 3 aromatic rings. The quantitative estimate of drug-likeness (QED) is 0.601. The zero-order valence-electron chi connectivity index (χ0n) is 17.3. The van der Waals surface area contributed by atoms with E-state index >= 15 is 0 Å². The molecule has 2 aliphatic rings. The van der Waals surface area contributed by atoms with Gasteiger partial charge in [0.05, 0.1) is 12.7 Å². The van der Waals surface area contributed by atoms with Gasteiger partial charge in [0.15, 0.2) is 23.2 Å². The molecule has 0 N–H and O–H groups in total. The first-order valence-corrected chi connectivity index (χ1v) is 10.2. The maximum atomic E-state index is 14.6. The summed E-state index contributed by atoms with van der Waals surface area (Å²) in [6.07, 6.45) is 2.24. The van der Waals surface area contributed by atoms with Crippen molar-refractivity contribution in [1.82, 2.24) is 14.5 Å². The van der Waals surface area contributed by atoms with Crippen LogP contribution in [0.3, 0.4) is 0 Å². The number of aryl methyl sites for hydroxylation is 1. The summed E-state index contributed by atoms with van der Waals surface area (Å²) in [6, 6.07) is 5.48. The number of benzene rings is 1. The average Bonchev–Trinajstić information content (AvgIpc) is 2.79. The van der Waals surface area contributed by atoms with Crippen LogP contribution >= 0.6 is 0 Å². The van der Waals surface area contributed by atoms with Gasteiger partial charge in [0.1, 0.15) is 19.0 Å². The predicted octanol–water partition coefficient (Wildman–Crippen LogP) is 3.20. The zero-order valence-corrected chi connectivity index (χ0v) is 17.3. The molecule has 2 aromatic heterocycles. The van der Waals surface area contributed by atoms with Crippen molar-refractivity contribution in [3.05, 3.63) is 63.8 Å². The number of anilines is 1. The molecule has 32 heavy (non-hydrogen) atoms. The Balaban J connectivity index is 1.38. The molecule has 0 bridgehead atoms. The van der Waals surface area contributed by atoms with E-state index in [4.69, 9.17) is 14.2 Å². The van der Waals surface area contributed by atoms with Crippen LogP contribution in [-0.2, 0) is 13.2 Å². The number of ether oxygens (including phenoxy) is 3. The summed E-state index contributed by atoms with van der Waals surface area (Å²) >= 11 is 0. The monoisotopic (exact) mass is 442 g/mol. The van der Waals surface area contributed by atoms with Crippen LogP contribution in [0.5, 0.6) is 23.1 Å². The maximum absolute atomic E-state index is 14.6. The fourth-order valence-corrected chi connectivity index (χ4v) is 3.83. The molecule has 1 aromatic carbocycles. The Morgan fingerprint density at radius 1 is 1.16 bits per heavy atom. The van der Waals surface area contributed by atoms with Crippen molar-refractivity contribution < 1.29 is 23.0 Å². The SMILES string of the molecule is Cc1ccc(Oc2c(F)cc(COc3nc(=O)n4c5c3OCCN5CCC4)cc2F)cn1. The number of aromatic nitrogens is 3. The lowest BCUT2D eigenvalue weighted by molar-refractivity contribution is 0.236. The summed E-state index contributed by atoms with van der Waals surface area (Å²) in [5.41, 5.74) is 0.531. The van der Waals surface area contributed by atoms with Crippen molar-refractivity contribution in [1.29, 1.82) is 0 Å². The molecule has 0 aliphatic carbocycles. The molecule has 166 valence electrons. The van der Waals surface area contributed by atoms with Gasteiger partial charge in [-0.15, -0.1) is 0 Å². The van der Waals surface area contributed by atoms with Gasteiger partial charge in [0.2, 0.25) is 5.75 Å². The molecule has 0 saturated carbocycles. The maximum Gasteiger partial charge on any atom is 0.352 e. The third kappa shape index (κ3) is 3.72. The van der Waals surface area contributed by atoms with Crippen molar-refractivity contribution in [3.8, 4) is 23.1 Å². The highest BCUT2D eigenvalue weighted by atomic mass is 19.1. The second-order valence-corrected chi connectivity index (χ2v) is 7.61. The Kier molecular flexibility index (Phi) is 5.12. The fraction of sp³-hybridized carbons (Fsp3) is 0.318. The Morgan fingerprint density at radius 3 is 2.72 bits per heavy atom. The molecule has 2 aliphatic heterocycles. The van der Waals surface area contributed by atoms with Crippen molar-refractivity contribution >= 4 is 5.82 Å². The third-order valence-corrected chi connectivity index (χ3v) is 5.34. The first kappa shape index (κ1) is 20.2. The van der Waals surface area contributed by atoms with E-state index in [0.29, 0.717) is 31.3 Å². The Morgan fingerprint density at radius 2 is 1.97 bits per heavy atom. The lowest BCUT2D eigenvalue weighted by Crippen LogP contribution is -2.43. The van der Waals surface area contributed by atoms with E-state index in [9.17, 15) is 13.6 Å². The summed E-state index contributed by atoms with van der Waals surface area (Å²) in [5.74, 6) is -1.04. The van der Waals surface area contributed by atoms with E-state index in [2.05, 4.69) is 14.9 Å². The summed E-state index contributed by atoms with van der Waals surface area (Å²) < 4.78 is 47.4. The highest BCUT2D eigenvalue weighted by molar-refractivity contribution is 5.60. The van der Waals surface area contributed by atoms with E-state index in [1.807, 2.05) is 0 Å². The van der Waals surface area contributed by atoms with Crippen molar-refractivity contribution in [2.75, 3.05) is 24.6 Å². The van der Waals surface area contributed by atoms with Gasteiger partial charge in [-0.3, -0.25) is 9.55 Å². The number of hydrogen-bond donors (Lipinski definition) is 0. The number of rotatable bonds is 5. The van der Waals surface area contributed by atoms with Gasteiger partial charge in [0.25, 0.3) is 5.88 Å². The Hall–Kier alpha value is -3.69. The van der Waals surface area contributed by atoms with Crippen LogP contribution in [0.15, 0.2) is 35.3 Å². The summed E-state index contributed by atoms with van der Waals surface area (Å²) in [7, 11) is 0. The Bertz CT molecular complexity index is 1200. The molecule has 0 unspecified atom stereocenters. The van der Waals surface area contributed by atoms with Crippen LogP contribution in [0.2, 0.25) is 0 Å². The molecule has 0 spiro atoms. The number of nitrogens with zero attached hydrogens (tertiary/aromatic N) is 4. The van der Waals surface area contributed by atoms with Crippen LogP contribution in [0.25, 0.3) is 0 Å². The molecule has 0 fully saturated rings. The normalized spacial score (nSPS) is 14.5. The molecule has 8 nitrogen and oxygen atoms in total. The summed E-state index contributed by atoms with van der Waals surface area (Å²) in [4.78, 5) is 22.5. The molecule has 10 heteroatoms. The van der Waals surface area contributed by atoms with Crippen molar-refractivity contribution in [3.63, 3.8) is 0 Å². The number of pyridine rings is 1. The third-order valence-electron chi connectivity index (χ3n) is 5.34. The van der Waals surface area contributed by atoms with E-state index < -0.39 is 23.1 Å². The van der Waals surface area contributed by atoms with Crippen LogP contribution in [0, 0.1) is 18.6 Å². The second-order valence-electron chi connectivity index (χ2n) is 7.61. The molecule has 0 saturated heterocycles.